The topological polar surface area (TPSA) is 88.9 Å². The summed E-state index contributed by atoms with van der Waals surface area (Å²) in [7, 11) is 0. The number of aryl methyl sites for hydroxylation is 1. The second kappa shape index (κ2) is 8.68. The maximum Gasteiger partial charge on any atom is 0.313 e. The third-order valence-corrected chi connectivity index (χ3v) is 5.10. The van der Waals surface area contributed by atoms with Crippen molar-refractivity contribution in [1.82, 2.24) is 20.1 Å². The van der Waals surface area contributed by atoms with Crippen LogP contribution < -0.4 is 10.6 Å². The highest BCUT2D eigenvalue weighted by atomic mass is 32.2. The summed E-state index contributed by atoms with van der Waals surface area (Å²) < 4.78 is 27.0. The molecule has 0 spiro atoms. The number of benzene rings is 1. The van der Waals surface area contributed by atoms with Crippen LogP contribution in [0, 0.1) is 5.92 Å². The largest absolute Gasteiger partial charge is 0.338 e. The van der Waals surface area contributed by atoms with Crippen LogP contribution in [-0.2, 0) is 22.6 Å². The SMILES string of the molecule is CC(C)[C@@H](NC(=O)C(=O)Nc1cccc(SC(F)F)c1)c1nnc2n1CCC2. The van der Waals surface area contributed by atoms with Gasteiger partial charge >= 0.3 is 11.8 Å². The molecule has 2 heterocycles. The van der Waals surface area contributed by atoms with E-state index in [0.717, 1.165) is 25.2 Å². The first kappa shape index (κ1) is 20.2. The summed E-state index contributed by atoms with van der Waals surface area (Å²) in [5.74, 6) is -2.74. The normalized spacial score (nSPS) is 14.2. The van der Waals surface area contributed by atoms with Gasteiger partial charge in [-0.1, -0.05) is 31.7 Å². The number of carbonyl (C=O) groups is 2. The molecule has 0 saturated heterocycles. The van der Waals surface area contributed by atoms with Crippen molar-refractivity contribution in [2.45, 2.75) is 49.9 Å². The Bertz CT molecular complexity index is 871. The number of aromatic nitrogens is 3. The number of fused-ring (bicyclic) bond motifs is 1. The van der Waals surface area contributed by atoms with Crippen LogP contribution in [0.1, 0.15) is 38.0 Å². The average molecular weight is 409 g/mol. The molecule has 1 atom stereocenters. The quantitative estimate of drug-likeness (QED) is 0.566. The summed E-state index contributed by atoms with van der Waals surface area (Å²) in [5, 5.41) is 13.5. The Morgan fingerprint density at radius 3 is 2.71 bits per heavy atom. The molecule has 150 valence electrons. The van der Waals surface area contributed by atoms with Crippen LogP contribution in [-0.4, -0.2) is 32.3 Å². The fraction of sp³-hybridized carbons (Fsp3) is 0.444. The van der Waals surface area contributed by atoms with Crippen molar-refractivity contribution < 1.29 is 18.4 Å². The van der Waals surface area contributed by atoms with Gasteiger partial charge < -0.3 is 15.2 Å². The molecular formula is C18H21F2N5O2S. The minimum Gasteiger partial charge on any atom is -0.338 e. The van der Waals surface area contributed by atoms with Crippen molar-refractivity contribution in [3.05, 3.63) is 35.9 Å². The van der Waals surface area contributed by atoms with Crippen molar-refractivity contribution >= 4 is 29.3 Å². The van der Waals surface area contributed by atoms with Crippen molar-refractivity contribution in [2.24, 2.45) is 5.92 Å². The summed E-state index contributed by atoms with van der Waals surface area (Å²) in [6.45, 7) is 4.63. The van der Waals surface area contributed by atoms with Gasteiger partial charge in [-0.2, -0.15) is 8.78 Å². The predicted octanol–water partition coefficient (Wildman–Crippen LogP) is 2.99. The molecule has 0 bridgehead atoms. The van der Waals surface area contributed by atoms with Gasteiger partial charge in [0.25, 0.3) is 5.76 Å². The lowest BCUT2D eigenvalue weighted by molar-refractivity contribution is -0.136. The van der Waals surface area contributed by atoms with E-state index in [1.807, 2.05) is 18.4 Å². The Kier molecular flexibility index (Phi) is 6.28. The Labute approximate surface area is 165 Å². The van der Waals surface area contributed by atoms with Crippen LogP contribution in [0.15, 0.2) is 29.2 Å². The molecule has 7 nitrogen and oxygen atoms in total. The van der Waals surface area contributed by atoms with Gasteiger partial charge in [0.1, 0.15) is 5.82 Å². The zero-order valence-electron chi connectivity index (χ0n) is 15.5. The van der Waals surface area contributed by atoms with Gasteiger partial charge in [-0.25, -0.2) is 0 Å². The number of alkyl halides is 2. The van der Waals surface area contributed by atoms with E-state index in [2.05, 4.69) is 20.8 Å². The molecule has 10 heteroatoms. The van der Waals surface area contributed by atoms with Crippen molar-refractivity contribution in [3.8, 4) is 0 Å². The van der Waals surface area contributed by atoms with E-state index in [9.17, 15) is 18.4 Å². The number of anilines is 1. The summed E-state index contributed by atoms with van der Waals surface area (Å²) >= 11 is 0.369. The van der Waals surface area contributed by atoms with Gasteiger partial charge in [0, 0.05) is 23.5 Å². The molecule has 2 amide bonds. The Hall–Kier alpha value is -2.49. The third kappa shape index (κ3) is 4.67. The van der Waals surface area contributed by atoms with Crippen LogP contribution in [0.4, 0.5) is 14.5 Å². The lowest BCUT2D eigenvalue weighted by atomic mass is 10.0. The first-order valence-corrected chi connectivity index (χ1v) is 9.82. The molecule has 0 radical (unpaired) electrons. The van der Waals surface area contributed by atoms with E-state index < -0.39 is 23.6 Å². The van der Waals surface area contributed by atoms with Crippen molar-refractivity contribution in [2.75, 3.05) is 5.32 Å². The lowest BCUT2D eigenvalue weighted by Crippen LogP contribution is -2.40. The highest BCUT2D eigenvalue weighted by Gasteiger charge is 2.29. The van der Waals surface area contributed by atoms with Crippen LogP contribution in [0.3, 0.4) is 0 Å². The summed E-state index contributed by atoms with van der Waals surface area (Å²) in [4.78, 5) is 25.0. The Morgan fingerprint density at radius 1 is 1.21 bits per heavy atom. The molecule has 28 heavy (non-hydrogen) atoms. The Morgan fingerprint density at radius 2 is 2.00 bits per heavy atom. The van der Waals surface area contributed by atoms with Crippen LogP contribution in [0.2, 0.25) is 0 Å². The molecule has 2 aromatic rings. The molecule has 0 aliphatic carbocycles. The van der Waals surface area contributed by atoms with E-state index in [4.69, 9.17) is 0 Å². The number of halogens is 2. The first-order chi connectivity index (χ1) is 13.3. The highest BCUT2D eigenvalue weighted by Crippen LogP contribution is 2.27. The number of hydrogen-bond acceptors (Lipinski definition) is 5. The number of rotatable bonds is 6. The molecule has 0 saturated carbocycles. The van der Waals surface area contributed by atoms with E-state index in [-0.39, 0.29) is 11.6 Å². The predicted molar refractivity (Wildman–Crippen MR) is 101 cm³/mol. The molecule has 0 fully saturated rings. The fourth-order valence-corrected chi connectivity index (χ4v) is 3.63. The molecule has 3 rings (SSSR count). The molecular weight excluding hydrogens is 388 g/mol. The lowest BCUT2D eigenvalue weighted by Gasteiger charge is -2.21. The Balaban J connectivity index is 1.68. The van der Waals surface area contributed by atoms with Gasteiger partial charge in [-0.05, 0) is 30.5 Å². The standard InChI is InChI=1S/C18H21F2N5O2S/c1-10(2)14(15-24-23-13-7-4-8-25(13)15)22-17(27)16(26)21-11-5-3-6-12(9-11)28-18(19)20/h3,5-6,9-10,14,18H,4,7-8H2,1-2H3,(H,21,26)(H,22,27)/t14-/m1/s1. The molecule has 1 aromatic carbocycles. The molecule has 2 N–H and O–H groups in total. The number of thioether (sulfide) groups is 1. The third-order valence-electron chi connectivity index (χ3n) is 4.39. The van der Waals surface area contributed by atoms with Gasteiger partial charge in [-0.15, -0.1) is 10.2 Å². The smallest absolute Gasteiger partial charge is 0.313 e. The van der Waals surface area contributed by atoms with E-state index >= 15 is 0 Å². The maximum atomic E-state index is 12.5. The van der Waals surface area contributed by atoms with Crippen molar-refractivity contribution in [1.29, 1.82) is 0 Å². The number of nitrogens with one attached hydrogen (secondary N) is 2. The van der Waals surface area contributed by atoms with Gasteiger partial charge in [0.15, 0.2) is 5.82 Å². The molecule has 1 aromatic heterocycles. The minimum absolute atomic E-state index is 0.00332. The van der Waals surface area contributed by atoms with Crippen LogP contribution in [0.25, 0.3) is 0 Å². The number of nitrogens with zero attached hydrogens (tertiary/aromatic N) is 3. The number of carbonyl (C=O) groups excluding carboxylic acids is 2. The zero-order chi connectivity index (χ0) is 20.3. The molecule has 1 aliphatic rings. The minimum atomic E-state index is -2.56. The monoisotopic (exact) mass is 409 g/mol. The molecule has 0 unspecified atom stereocenters. The summed E-state index contributed by atoms with van der Waals surface area (Å²) in [6, 6.07) is 5.51. The summed E-state index contributed by atoms with van der Waals surface area (Å²) in [5.41, 5.74) is 0.273. The maximum absolute atomic E-state index is 12.5. The van der Waals surface area contributed by atoms with Gasteiger partial charge in [0.05, 0.1) is 6.04 Å². The molecule has 1 aliphatic heterocycles. The first-order valence-electron chi connectivity index (χ1n) is 8.94. The van der Waals surface area contributed by atoms with Gasteiger partial charge in [-0.3, -0.25) is 9.59 Å². The van der Waals surface area contributed by atoms with E-state index in [1.54, 1.807) is 0 Å². The van der Waals surface area contributed by atoms with Crippen molar-refractivity contribution in [3.63, 3.8) is 0 Å². The second-order valence-corrected chi connectivity index (χ2v) is 7.85. The highest BCUT2D eigenvalue weighted by molar-refractivity contribution is 7.99. The number of amides is 2. The van der Waals surface area contributed by atoms with E-state index in [1.165, 1.54) is 24.3 Å². The fourth-order valence-electron chi connectivity index (χ4n) is 3.08. The zero-order valence-corrected chi connectivity index (χ0v) is 16.3. The van der Waals surface area contributed by atoms with Gasteiger partial charge in [0.2, 0.25) is 0 Å². The number of hydrogen-bond donors (Lipinski definition) is 2. The summed E-state index contributed by atoms with van der Waals surface area (Å²) in [6.07, 6.45) is 1.82. The van der Waals surface area contributed by atoms with Crippen LogP contribution >= 0.6 is 11.8 Å². The second-order valence-electron chi connectivity index (χ2n) is 6.79. The van der Waals surface area contributed by atoms with Crippen LogP contribution in [0.5, 0.6) is 0 Å². The van der Waals surface area contributed by atoms with E-state index in [0.29, 0.717) is 22.5 Å². The average Bonchev–Trinajstić information content (AvgIpc) is 3.22.